The summed E-state index contributed by atoms with van der Waals surface area (Å²) in [5.74, 6) is -1.80. The number of anilines is 1. The number of aryl methyl sites for hydroxylation is 1. The Kier molecular flexibility index (Phi) is 8.10. The lowest BCUT2D eigenvalue weighted by molar-refractivity contribution is -0.136. The highest BCUT2D eigenvalue weighted by Gasteiger charge is 2.32. The Hall–Kier alpha value is -2.97. The summed E-state index contributed by atoms with van der Waals surface area (Å²) in [4.78, 5) is 16.1. The number of aromatic nitrogens is 1. The number of nitrogens with zero attached hydrogens (tertiary/aromatic N) is 2. The van der Waals surface area contributed by atoms with E-state index in [-0.39, 0.29) is 6.42 Å². The van der Waals surface area contributed by atoms with Gasteiger partial charge in [-0.05, 0) is 81.5 Å². The maximum absolute atomic E-state index is 15.1. The van der Waals surface area contributed by atoms with Crippen LogP contribution in [0.25, 0.3) is 22.4 Å². The van der Waals surface area contributed by atoms with E-state index in [0.29, 0.717) is 28.9 Å². The molecular formula is C28H32F2N2O3S. The SMILES string of the molecule is CC(C)(C)O.CSN1Cc2cc(F)cnc2-c2c(C)c(-c3ccc(C)cc3F)c(CC(=O)O)c(C)c21. The van der Waals surface area contributed by atoms with Crippen LogP contribution in [0.4, 0.5) is 14.5 Å². The first kappa shape index (κ1) is 27.6. The number of carboxylic acid groups (broad SMARTS) is 1. The third-order valence-electron chi connectivity index (χ3n) is 5.77. The van der Waals surface area contributed by atoms with E-state index in [4.69, 9.17) is 5.11 Å². The van der Waals surface area contributed by atoms with Gasteiger partial charge in [0.15, 0.2) is 0 Å². The molecule has 4 rings (SSSR count). The number of halogens is 2. The van der Waals surface area contributed by atoms with E-state index in [0.717, 1.165) is 33.5 Å². The molecule has 5 nitrogen and oxygen atoms in total. The zero-order valence-corrected chi connectivity index (χ0v) is 22.5. The van der Waals surface area contributed by atoms with Crippen LogP contribution in [-0.2, 0) is 17.8 Å². The van der Waals surface area contributed by atoms with Crippen molar-refractivity contribution < 1.29 is 23.8 Å². The summed E-state index contributed by atoms with van der Waals surface area (Å²) in [6.07, 6.45) is 2.87. The first-order valence-corrected chi connectivity index (χ1v) is 12.7. The van der Waals surface area contributed by atoms with Gasteiger partial charge >= 0.3 is 5.97 Å². The molecule has 1 aliphatic heterocycles. The number of hydrogen-bond acceptors (Lipinski definition) is 5. The van der Waals surface area contributed by atoms with Gasteiger partial charge in [0.05, 0.1) is 36.1 Å². The lowest BCUT2D eigenvalue weighted by Crippen LogP contribution is -2.23. The second kappa shape index (κ2) is 10.6. The smallest absolute Gasteiger partial charge is 0.307 e. The van der Waals surface area contributed by atoms with E-state index < -0.39 is 23.2 Å². The third kappa shape index (κ3) is 5.87. The van der Waals surface area contributed by atoms with Gasteiger partial charge in [0.1, 0.15) is 11.6 Å². The molecule has 0 aliphatic carbocycles. The lowest BCUT2D eigenvalue weighted by Gasteiger charge is -2.35. The second-order valence-corrected chi connectivity index (χ2v) is 10.7. The van der Waals surface area contributed by atoms with Crippen LogP contribution in [0.15, 0.2) is 30.5 Å². The van der Waals surface area contributed by atoms with Crippen LogP contribution in [0.2, 0.25) is 0 Å². The molecule has 1 aromatic heterocycles. The van der Waals surface area contributed by atoms with Gasteiger partial charge in [-0.2, -0.15) is 0 Å². The highest BCUT2D eigenvalue weighted by Crippen LogP contribution is 2.49. The number of fused-ring (bicyclic) bond motifs is 3. The molecule has 0 amide bonds. The Labute approximate surface area is 215 Å². The molecule has 3 aromatic rings. The topological polar surface area (TPSA) is 73.7 Å². The van der Waals surface area contributed by atoms with E-state index in [1.165, 1.54) is 30.3 Å². The van der Waals surface area contributed by atoms with Gasteiger partial charge in [-0.15, -0.1) is 0 Å². The molecule has 2 heterocycles. The average molecular weight is 515 g/mol. The molecule has 36 heavy (non-hydrogen) atoms. The quantitative estimate of drug-likeness (QED) is 0.381. The molecule has 2 aromatic carbocycles. The number of carboxylic acids is 1. The number of rotatable bonds is 4. The predicted molar refractivity (Wildman–Crippen MR) is 142 cm³/mol. The summed E-state index contributed by atoms with van der Waals surface area (Å²) in [5, 5.41) is 18.1. The molecular weight excluding hydrogens is 482 g/mol. The van der Waals surface area contributed by atoms with Crippen LogP contribution >= 0.6 is 11.9 Å². The molecule has 0 atom stereocenters. The number of aliphatic hydroxyl groups is 1. The number of hydrogen-bond donors (Lipinski definition) is 2. The molecule has 0 fully saturated rings. The summed E-state index contributed by atoms with van der Waals surface area (Å²) >= 11 is 1.48. The van der Waals surface area contributed by atoms with Crippen LogP contribution in [0.1, 0.15) is 48.6 Å². The van der Waals surface area contributed by atoms with E-state index in [1.807, 2.05) is 30.5 Å². The zero-order valence-electron chi connectivity index (χ0n) is 21.7. The number of aliphatic carboxylic acids is 1. The maximum atomic E-state index is 15.1. The van der Waals surface area contributed by atoms with Gasteiger partial charge < -0.3 is 14.5 Å². The summed E-state index contributed by atoms with van der Waals surface area (Å²) in [5.41, 5.74) is 6.32. The normalized spacial score (nSPS) is 12.4. The minimum atomic E-state index is -0.983. The fourth-order valence-electron chi connectivity index (χ4n) is 4.42. The van der Waals surface area contributed by atoms with E-state index in [9.17, 15) is 14.3 Å². The van der Waals surface area contributed by atoms with Crippen LogP contribution in [-0.4, -0.2) is 33.0 Å². The van der Waals surface area contributed by atoms with Gasteiger partial charge in [0.2, 0.25) is 0 Å². The van der Waals surface area contributed by atoms with Crippen molar-refractivity contribution in [2.45, 2.75) is 60.1 Å². The Bertz CT molecular complexity index is 1310. The van der Waals surface area contributed by atoms with Crippen molar-refractivity contribution in [3.05, 3.63) is 69.9 Å². The highest BCUT2D eigenvalue weighted by atomic mass is 32.2. The number of pyridine rings is 1. The van der Waals surface area contributed by atoms with Crippen LogP contribution in [0, 0.1) is 32.4 Å². The van der Waals surface area contributed by atoms with E-state index in [1.54, 1.807) is 33.8 Å². The van der Waals surface area contributed by atoms with Crippen molar-refractivity contribution >= 4 is 23.6 Å². The first-order valence-electron chi connectivity index (χ1n) is 11.6. The van der Waals surface area contributed by atoms with Gasteiger partial charge in [-0.1, -0.05) is 24.1 Å². The minimum Gasteiger partial charge on any atom is -0.481 e. The average Bonchev–Trinajstić information content (AvgIpc) is 2.75. The Morgan fingerprint density at radius 3 is 2.31 bits per heavy atom. The standard InChI is InChI=1S/C24H22F2N2O2S.C4H10O/c1-12-5-6-17(19(26)7-12)21-14(3)22-23-15(8-16(25)10-27-23)11-28(31-4)24(22)13(2)18(21)9-20(29)30;1-4(2,3)5/h5-8,10H,9,11H2,1-4H3,(H,29,30);5H,1-3H3. The number of carbonyl (C=O) groups is 1. The molecule has 192 valence electrons. The Morgan fingerprint density at radius 1 is 1.11 bits per heavy atom. The second-order valence-electron chi connectivity index (χ2n) is 9.93. The monoisotopic (exact) mass is 514 g/mol. The van der Waals surface area contributed by atoms with Gasteiger partial charge in [-0.3, -0.25) is 9.78 Å². The Morgan fingerprint density at radius 2 is 1.75 bits per heavy atom. The van der Waals surface area contributed by atoms with Crippen molar-refractivity contribution in [2.75, 3.05) is 10.6 Å². The maximum Gasteiger partial charge on any atom is 0.307 e. The van der Waals surface area contributed by atoms with Crippen molar-refractivity contribution in [3.8, 4) is 22.4 Å². The minimum absolute atomic E-state index is 0.228. The molecule has 0 spiro atoms. The summed E-state index contributed by atoms with van der Waals surface area (Å²) in [6, 6.07) is 6.43. The fraction of sp³-hybridized carbons (Fsp3) is 0.357. The molecule has 1 aliphatic rings. The van der Waals surface area contributed by atoms with Crippen LogP contribution in [0.3, 0.4) is 0 Å². The van der Waals surface area contributed by atoms with Crippen molar-refractivity contribution in [1.29, 1.82) is 0 Å². The molecule has 0 saturated heterocycles. The fourth-order valence-corrected chi connectivity index (χ4v) is 5.10. The molecule has 0 radical (unpaired) electrons. The van der Waals surface area contributed by atoms with E-state index in [2.05, 4.69) is 4.98 Å². The Balaban J connectivity index is 0.000000658. The van der Waals surface area contributed by atoms with Crippen LogP contribution < -0.4 is 4.31 Å². The molecule has 2 N–H and O–H groups in total. The summed E-state index contributed by atoms with van der Waals surface area (Å²) in [7, 11) is 0. The number of benzene rings is 2. The summed E-state index contributed by atoms with van der Waals surface area (Å²) < 4.78 is 31.0. The largest absolute Gasteiger partial charge is 0.481 e. The lowest BCUT2D eigenvalue weighted by atomic mass is 9.82. The van der Waals surface area contributed by atoms with Gasteiger partial charge in [0, 0.05) is 22.9 Å². The van der Waals surface area contributed by atoms with Crippen molar-refractivity contribution in [1.82, 2.24) is 4.98 Å². The van der Waals surface area contributed by atoms with Gasteiger partial charge in [-0.25, -0.2) is 8.78 Å². The highest BCUT2D eigenvalue weighted by molar-refractivity contribution is 7.99. The van der Waals surface area contributed by atoms with Crippen molar-refractivity contribution in [2.24, 2.45) is 0 Å². The molecule has 0 unspecified atom stereocenters. The zero-order chi connectivity index (χ0) is 26.9. The molecule has 8 heteroatoms. The molecule has 0 saturated carbocycles. The molecule has 0 bridgehead atoms. The third-order valence-corrected chi connectivity index (χ3v) is 6.52. The summed E-state index contributed by atoms with van der Waals surface area (Å²) in [6.45, 7) is 11.2. The predicted octanol–water partition coefficient (Wildman–Crippen LogP) is 6.62. The first-order chi connectivity index (χ1) is 16.7. The van der Waals surface area contributed by atoms with Gasteiger partial charge in [0.25, 0.3) is 0 Å². The van der Waals surface area contributed by atoms with Crippen molar-refractivity contribution in [3.63, 3.8) is 0 Å². The van der Waals surface area contributed by atoms with E-state index >= 15 is 4.39 Å². The van der Waals surface area contributed by atoms with Crippen LogP contribution in [0.5, 0.6) is 0 Å².